The summed E-state index contributed by atoms with van der Waals surface area (Å²) in [6.07, 6.45) is 2.66. The van der Waals surface area contributed by atoms with Crippen molar-refractivity contribution < 1.29 is 9.53 Å². The Morgan fingerprint density at radius 2 is 2.00 bits per heavy atom. The van der Waals surface area contributed by atoms with E-state index in [9.17, 15) is 4.79 Å². The zero-order chi connectivity index (χ0) is 13.5. The Labute approximate surface area is 119 Å². The monoisotopic (exact) mass is 279 g/mol. The Morgan fingerprint density at radius 1 is 1.32 bits per heavy atom. The van der Waals surface area contributed by atoms with Crippen molar-refractivity contribution in [3.05, 3.63) is 35.4 Å². The van der Waals surface area contributed by atoms with Crippen LogP contribution in [0, 0.1) is 5.92 Å². The van der Waals surface area contributed by atoms with Gasteiger partial charge in [0.1, 0.15) is 0 Å². The van der Waals surface area contributed by atoms with Crippen LogP contribution in [0.3, 0.4) is 0 Å². The van der Waals surface area contributed by atoms with Gasteiger partial charge in [-0.2, -0.15) is 11.8 Å². The van der Waals surface area contributed by atoms with Crippen molar-refractivity contribution in [2.45, 2.75) is 19.4 Å². The third-order valence-electron chi connectivity index (χ3n) is 3.48. The van der Waals surface area contributed by atoms with Crippen molar-refractivity contribution in [1.29, 1.82) is 0 Å². The molecule has 0 atom stereocenters. The van der Waals surface area contributed by atoms with Gasteiger partial charge in [-0.1, -0.05) is 12.1 Å². The van der Waals surface area contributed by atoms with Gasteiger partial charge in [-0.15, -0.1) is 0 Å². The molecule has 4 heteroatoms. The maximum absolute atomic E-state index is 11.3. The lowest BCUT2D eigenvalue weighted by Crippen LogP contribution is -2.25. The molecule has 0 saturated carbocycles. The quantitative estimate of drug-likeness (QED) is 0.841. The Kier molecular flexibility index (Phi) is 5.73. The Morgan fingerprint density at radius 3 is 2.63 bits per heavy atom. The molecule has 0 bridgehead atoms. The van der Waals surface area contributed by atoms with Crippen LogP contribution in [-0.4, -0.2) is 31.1 Å². The number of hydrogen-bond donors (Lipinski definition) is 1. The van der Waals surface area contributed by atoms with Gasteiger partial charge in [-0.25, -0.2) is 4.79 Å². The summed E-state index contributed by atoms with van der Waals surface area (Å²) in [6.45, 7) is 1.96. The first-order valence-electron chi connectivity index (χ1n) is 6.75. The van der Waals surface area contributed by atoms with E-state index in [0.29, 0.717) is 5.56 Å². The number of rotatable bonds is 5. The normalized spacial score (nSPS) is 16.3. The molecule has 0 aromatic heterocycles. The first kappa shape index (κ1) is 14.4. The number of ether oxygens (including phenoxy) is 1. The minimum Gasteiger partial charge on any atom is -0.465 e. The number of carbonyl (C=O) groups excluding carboxylic acids is 1. The van der Waals surface area contributed by atoms with E-state index in [1.54, 1.807) is 0 Å². The fourth-order valence-electron chi connectivity index (χ4n) is 2.25. The van der Waals surface area contributed by atoms with Crippen LogP contribution in [0.1, 0.15) is 28.8 Å². The summed E-state index contributed by atoms with van der Waals surface area (Å²) < 4.78 is 4.68. The highest BCUT2D eigenvalue weighted by molar-refractivity contribution is 7.99. The minimum atomic E-state index is -0.279. The predicted molar refractivity (Wildman–Crippen MR) is 79.5 cm³/mol. The van der Waals surface area contributed by atoms with E-state index in [-0.39, 0.29) is 5.97 Å². The van der Waals surface area contributed by atoms with Crippen LogP contribution in [0.15, 0.2) is 24.3 Å². The Hall–Kier alpha value is -1.00. The molecule has 1 aliphatic heterocycles. The third-order valence-corrected chi connectivity index (χ3v) is 4.53. The largest absolute Gasteiger partial charge is 0.465 e. The number of thioether (sulfide) groups is 1. The van der Waals surface area contributed by atoms with Crippen LogP contribution in [0.2, 0.25) is 0 Å². The highest BCUT2D eigenvalue weighted by atomic mass is 32.2. The van der Waals surface area contributed by atoms with Gasteiger partial charge < -0.3 is 10.1 Å². The van der Waals surface area contributed by atoms with E-state index in [2.05, 4.69) is 21.8 Å². The van der Waals surface area contributed by atoms with Gasteiger partial charge in [-0.05, 0) is 54.5 Å². The van der Waals surface area contributed by atoms with Gasteiger partial charge in [0.15, 0.2) is 0 Å². The lowest BCUT2D eigenvalue weighted by molar-refractivity contribution is 0.0600. The summed E-state index contributed by atoms with van der Waals surface area (Å²) in [5, 5.41) is 3.51. The third kappa shape index (κ3) is 4.55. The van der Waals surface area contributed by atoms with Crippen LogP contribution in [0.4, 0.5) is 0 Å². The van der Waals surface area contributed by atoms with Crippen LogP contribution in [0.25, 0.3) is 0 Å². The lowest BCUT2D eigenvalue weighted by atomic mass is 10.0. The second-order valence-electron chi connectivity index (χ2n) is 4.88. The summed E-state index contributed by atoms with van der Waals surface area (Å²) in [4.78, 5) is 11.3. The highest BCUT2D eigenvalue weighted by Gasteiger charge is 2.12. The molecule has 1 fully saturated rings. The Bertz CT molecular complexity index is 399. The zero-order valence-corrected chi connectivity index (χ0v) is 12.2. The van der Waals surface area contributed by atoms with Crippen molar-refractivity contribution in [2.24, 2.45) is 5.92 Å². The smallest absolute Gasteiger partial charge is 0.337 e. The molecule has 1 N–H and O–H groups in total. The van der Waals surface area contributed by atoms with E-state index in [0.717, 1.165) is 19.0 Å². The molecule has 3 nitrogen and oxygen atoms in total. The molecular weight excluding hydrogens is 258 g/mol. The maximum Gasteiger partial charge on any atom is 0.337 e. The first-order valence-corrected chi connectivity index (χ1v) is 7.91. The van der Waals surface area contributed by atoms with Gasteiger partial charge in [0, 0.05) is 6.54 Å². The first-order chi connectivity index (χ1) is 9.29. The molecule has 1 saturated heterocycles. The number of benzene rings is 1. The van der Waals surface area contributed by atoms with Crippen LogP contribution >= 0.6 is 11.8 Å². The topological polar surface area (TPSA) is 38.3 Å². The number of hydrogen-bond acceptors (Lipinski definition) is 4. The fraction of sp³-hybridized carbons (Fsp3) is 0.533. The molecule has 1 aromatic rings. The molecule has 0 radical (unpaired) electrons. The number of nitrogens with one attached hydrogen (secondary N) is 1. The van der Waals surface area contributed by atoms with E-state index < -0.39 is 0 Å². The van der Waals surface area contributed by atoms with Gasteiger partial charge in [0.25, 0.3) is 0 Å². The zero-order valence-electron chi connectivity index (χ0n) is 11.4. The highest BCUT2D eigenvalue weighted by Crippen LogP contribution is 2.21. The van der Waals surface area contributed by atoms with Gasteiger partial charge in [0.2, 0.25) is 0 Å². The van der Waals surface area contributed by atoms with Crippen molar-refractivity contribution in [1.82, 2.24) is 5.32 Å². The molecule has 1 aromatic carbocycles. The average Bonchev–Trinajstić information content (AvgIpc) is 2.48. The van der Waals surface area contributed by atoms with Crippen LogP contribution < -0.4 is 5.32 Å². The fourth-order valence-corrected chi connectivity index (χ4v) is 3.45. The molecule has 1 aliphatic rings. The second kappa shape index (κ2) is 7.56. The van der Waals surface area contributed by atoms with Crippen molar-refractivity contribution >= 4 is 17.7 Å². The summed E-state index contributed by atoms with van der Waals surface area (Å²) in [5.74, 6) is 3.16. The molecule has 1 heterocycles. The molecule has 104 valence electrons. The molecule has 0 unspecified atom stereocenters. The van der Waals surface area contributed by atoms with Gasteiger partial charge >= 0.3 is 5.97 Å². The molecule has 2 rings (SSSR count). The van der Waals surface area contributed by atoms with Gasteiger partial charge in [0.05, 0.1) is 12.7 Å². The van der Waals surface area contributed by atoms with E-state index in [4.69, 9.17) is 0 Å². The summed E-state index contributed by atoms with van der Waals surface area (Å²) >= 11 is 2.06. The van der Waals surface area contributed by atoms with E-state index in [1.165, 1.54) is 37.0 Å². The standard InChI is InChI=1S/C15H21NO2S/c1-18-15(17)14-4-2-12(3-5-14)10-16-11-13-6-8-19-9-7-13/h2-5,13,16H,6-11H2,1H3. The summed E-state index contributed by atoms with van der Waals surface area (Å²) in [5.41, 5.74) is 1.81. The summed E-state index contributed by atoms with van der Waals surface area (Å²) in [6, 6.07) is 7.60. The second-order valence-corrected chi connectivity index (χ2v) is 6.10. The maximum atomic E-state index is 11.3. The molecular formula is C15H21NO2S. The predicted octanol–water partition coefficient (Wildman–Crippen LogP) is 2.71. The molecule has 0 amide bonds. The van der Waals surface area contributed by atoms with Gasteiger partial charge in [-0.3, -0.25) is 0 Å². The lowest BCUT2D eigenvalue weighted by Gasteiger charge is -2.21. The minimum absolute atomic E-state index is 0.279. The number of carbonyl (C=O) groups is 1. The SMILES string of the molecule is COC(=O)c1ccc(CNCC2CCSCC2)cc1. The number of methoxy groups -OCH3 is 1. The van der Waals surface area contributed by atoms with Crippen molar-refractivity contribution in [2.75, 3.05) is 25.2 Å². The van der Waals surface area contributed by atoms with Crippen molar-refractivity contribution in [3.8, 4) is 0 Å². The van der Waals surface area contributed by atoms with Crippen LogP contribution in [-0.2, 0) is 11.3 Å². The van der Waals surface area contributed by atoms with Crippen LogP contribution in [0.5, 0.6) is 0 Å². The summed E-state index contributed by atoms with van der Waals surface area (Å²) in [7, 11) is 1.40. The molecule has 0 spiro atoms. The Balaban J connectivity index is 1.75. The number of esters is 1. The van der Waals surface area contributed by atoms with Crippen molar-refractivity contribution in [3.63, 3.8) is 0 Å². The van der Waals surface area contributed by atoms with E-state index >= 15 is 0 Å². The molecule has 19 heavy (non-hydrogen) atoms. The van der Waals surface area contributed by atoms with E-state index in [1.807, 2.05) is 24.3 Å². The molecule has 0 aliphatic carbocycles. The average molecular weight is 279 g/mol.